The minimum atomic E-state index is 0.111. The number of aliphatic imine (C=N–C) groups is 1. The monoisotopic (exact) mass is 308 g/mol. The van der Waals surface area contributed by atoms with Crippen LogP contribution >= 0.6 is 0 Å². The van der Waals surface area contributed by atoms with E-state index in [1.54, 1.807) is 13.3 Å². The fourth-order valence-electron chi connectivity index (χ4n) is 2.94. The van der Waals surface area contributed by atoms with E-state index >= 15 is 0 Å². The summed E-state index contributed by atoms with van der Waals surface area (Å²) < 4.78 is 5.26. The average molecular weight is 308 g/mol. The maximum atomic E-state index is 10.2. The fourth-order valence-corrected chi connectivity index (χ4v) is 2.94. The molecule has 0 unspecified atom stereocenters. The van der Waals surface area contributed by atoms with Crippen LogP contribution in [0.4, 0.5) is 5.69 Å². The summed E-state index contributed by atoms with van der Waals surface area (Å²) in [5.74, 6) is 0.855. The van der Waals surface area contributed by atoms with Gasteiger partial charge in [-0.1, -0.05) is 17.7 Å². The number of nitrogens with zero attached hydrogens (tertiary/aromatic N) is 1. The summed E-state index contributed by atoms with van der Waals surface area (Å²) in [6.45, 7) is 6.17. The zero-order chi connectivity index (χ0) is 16.6. The second-order valence-electron chi connectivity index (χ2n) is 5.80. The second kappa shape index (κ2) is 5.80. The molecule has 3 rings (SSSR count). The van der Waals surface area contributed by atoms with E-state index in [2.05, 4.69) is 29.0 Å². The lowest BCUT2D eigenvalue weighted by Crippen LogP contribution is -1.86. The fraction of sp³-hybridized carbons (Fsp3) is 0.211. The van der Waals surface area contributed by atoms with Crippen molar-refractivity contribution in [2.45, 2.75) is 20.8 Å². The van der Waals surface area contributed by atoms with Gasteiger partial charge in [-0.25, -0.2) is 0 Å². The van der Waals surface area contributed by atoms with Crippen LogP contribution in [-0.2, 0) is 0 Å². The Morgan fingerprint density at radius 2 is 1.78 bits per heavy atom. The summed E-state index contributed by atoms with van der Waals surface area (Å²) in [6, 6.07) is 9.85. The number of rotatable bonds is 3. The van der Waals surface area contributed by atoms with Crippen LogP contribution in [0.2, 0.25) is 0 Å². The summed E-state index contributed by atoms with van der Waals surface area (Å²) in [4.78, 5) is 7.57. The van der Waals surface area contributed by atoms with Gasteiger partial charge in [-0.2, -0.15) is 0 Å². The first-order chi connectivity index (χ1) is 11.0. The van der Waals surface area contributed by atoms with E-state index in [9.17, 15) is 5.11 Å². The van der Waals surface area contributed by atoms with Gasteiger partial charge < -0.3 is 14.8 Å². The molecule has 0 radical (unpaired) electrons. The molecular formula is C19H20N2O2. The van der Waals surface area contributed by atoms with Crippen LogP contribution < -0.4 is 4.74 Å². The normalized spacial score (nSPS) is 11.5. The third-order valence-electron chi connectivity index (χ3n) is 3.98. The van der Waals surface area contributed by atoms with E-state index in [-0.39, 0.29) is 5.88 Å². The minimum Gasteiger partial charge on any atom is -0.497 e. The molecule has 118 valence electrons. The highest BCUT2D eigenvalue weighted by Crippen LogP contribution is 2.30. The standard InChI is InChI=1S/C19H20N2O2/c1-11-7-12(2)18(13(3)8-11)20-10-16-15-9-14(23-4)5-6-17(15)21-19(16)22/h5-10,21-22H,1-4H3. The molecule has 0 aliphatic carbocycles. The van der Waals surface area contributed by atoms with Gasteiger partial charge in [0.05, 0.1) is 18.4 Å². The Kier molecular flexibility index (Phi) is 3.82. The first-order valence-corrected chi connectivity index (χ1v) is 7.50. The number of H-pyrrole nitrogens is 1. The van der Waals surface area contributed by atoms with Crippen LogP contribution in [-0.4, -0.2) is 23.4 Å². The number of benzene rings is 2. The van der Waals surface area contributed by atoms with Crippen LogP contribution in [0, 0.1) is 20.8 Å². The first kappa shape index (κ1) is 15.2. The summed E-state index contributed by atoms with van der Waals surface area (Å²) >= 11 is 0. The van der Waals surface area contributed by atoms with E-state index < -0.39 is 0 Å². The van der Waals surface area contributed by atoms with Crippen molar-refractivity contribution in [3.63, 3.8) is 0 Å². The number of aromatic hydroxyl groups is 1. The van der Waals surface area contributed by atoms with E-state index in [0.29, 0.717) is 5.56 Å². The molecule has 0 bridgehead atoms. The van der Waals surface area contributed by atoms with Gasteiger partial charge >= 0.3 is 0 Å². The Balaban J connectivity index is 2.09. The highest BCUT2D eigenvalue weighted by molar-refractivity contribution is 6.03. The Morgan fingerprint density at radius 1 is 1.09 bits per heavy atom. The molecule has 0 fully saturated rings. The van der Waals surface area contributed by atoms with Crippen LogP contribution in [0.3, 0.4) is 0 Å². The van der Waals surface area contributed by atoms with Crippen molar-refractivity contribution in [2.24, 2.45) is 4.99 Å². The molecule has 0 atom stereocenters. The molecule has 1 aromatic heterocycles. The van der Waals surface area contributed by atoms with Crippen molar-refractivity contribution >= 4 is 22.8 Å². The quantitative estimate of drug-likeness (QED) is 0.697. The summed E-state index contributed by atoms with van der Waals surface area (Å²) in [6.07, 6.45) is 1.71. The Morgan fingerprint density at radius 3 is 2.43 bits per heavy atom. The molecule has 0 aliphatic rings. The molecule has 4 heteroatoms. The largest absolute Gasteiger partial charge is 0.497 e. The topological polar surface area (TPSA) is 57.6 Å². The maximum absolute atomic E-state index is 10.2. The highest BCUT2D eigenvalue weighted by atomic mass is 16.5. The molecule has 1 heterocycles. The lowest BCUT2D eigenvalue weighted by molar-refractivity contribution is 0.415. The van der Waals surface area contributed by atoms with Crippen molar-refractivity contribution in [1.82, 2.24) is 4.98 Å². The molecule has 23 heavy (non-hydrogen) atoms. The van der Waals surface area contributed by atoms with Gasteiger partial charge in [0.15, 0.2) is 5.88 Å². The molecular weight excluding hydrogens is 288 g/mol. The van der Waals surface area contributed by atoms with Gasteiger partial charge in [0.1, 0.15) is 5.75 Å². The van der Waals surface area contributed by atoms with Gasteiger partial charge in [0, 0.05) is 17.1 Å². The molecule has 3 aromatic rings. The predicted octanol–water partition coefficient (Wildman–Crippen LogP) is 4.56. The van der Waals surface area contributed by atoms with Gasteiger partial charge in [0.2, 0.25) is 0 Å². The third-order valence-corrected chi connectivity index (χ3v) is 3.98. The number of nitrogens with one attached hydrogen (secondary N) is 1. The number of aromatic nitrogens is 1. The number of hydrogen-bond acceptors (Lipinski definition) is 3. The third kappa shape index (κ3) is 2.80. The van der Waals surface area contributed by atoms with Crippen LogP contribution in [0.15, 0.2) is 35.3 Å². The molecule has 0 amide bonds. The van der Waals surface area contributed by atoms with E-state index in [1.165, 1.54) is 5.56 Å². The van der Waals surface area contributed by atoms with Gasteiger partial charge in [-0.05, 0) is 50.1 Å². The summed E-state index contributed by atoms with van der Waals surface area (Å²) in [5, 5.41) is 11.1. The Labute approximate surface area is 135 Å². The van der Waals surface area contributed by atoms with Gasteiger partial charge in [-0.15, -0.1) is 0 Å². The van der Waals surface area contributed by atoms with Crippen LogP contribution in [0.25, 0.3) is 10.9 Å². The number of hydrogen-bond donors (Lipinski definition) is 2. The summed E-state index contributed by atoms with van der Waals surface area (Å²) in [5.41, 5.74) is 5.91. The smallest absolute Gasteiger partial charge is 0.198 e. The Hall–Kier alpha value is -2.75. The lowest BCUT2D eigenvalue weighted by Gasteiger charge is -2.06. The first-order valence-electron chi connectivity index (χ1n) is 7.50. The zero-order valence-electron chi connectivity index (χ0n) is 13.8. The summed E-state index contributed by atoms with van der Waals surface area (Å²) in [7, 11) is 1.63. The molecule has 0 saturated carbocycles. The number of aryl methyl sites for hydroxylation is 3. The van der Waals surface area contributed by atoms with Crippen molar-refractivity contribution in [1.29, 1.82) is 0 Å². The number of fused-ring (bicyclic) bond motifs is 1. The molecule has 0 aliphatic heterocycles. The van der Waals surface area contributed by atoms with Crippen LogP contribution in [0.1, 0.15) is 22.3 Å². The predicted molar refractivity (Wildman–Crippen MR) is 94.4 cm³/mol. The molecule has 2 aromatic carbocycles. The minimum absolute atomic E-state index is 0.111. The van der Waals surface area contributed by atoms with E-state index in [0.717, 1.165) is 33.5 Å². The maximum Gasteiger partial charge on any atom is 0.198 e. The van der Waals surface area contributed by atoms with E-state index in [1.807, 2.05) is 32.0 Å². The van der Waals surface area contributed by atoms with E-state index in [4.69, 9.17) is 4.74 Å². The van der Waals surface area contributed by atoms with Crippen molar-refractivity contribution in [3.05, 3.63) is 52.6 Å². The SMILES string of the molecule is COc1ccc2[nH]c(O)c(C=Nc3c(C)cc(C)cc3C)c2c1. The average Bonchev–Trinajstić information content (AvgIpc) is 2.81. The molecule has 2 N–H and O–H groups in total. The van der Waals surface area contributed by atoms with Crippen molar-refractivity contribution in [3.8, 4) is 11.6 Å². The molecule has 0 spiro atoms. The number of aromatic amines is 1. The van der Waals surface area contributed by atoms with Crippen molar-refractivity contribution < 1.29 is 9.84 Å². The van der Waals surface area contributed by atoms with Gasteiger partial charge in [-0.3, -0.25) is 4.99 Å². The number of methoxy groups -OCH3 is 1. The Bertz CT molecular complexity index is 884. The molecule has 4 nitrogen and oxygen atoms in total. The van der Waals surface area contributed by atoms with Crippen molar-refractivity contribution in [2.75, 3.05) is 7.11 Å². The second-order valence-corrected chi connectivity index (χ2v) is 5.80. The zero-order valence-corrected chi connectivity index (χ0v) is 13.8. The highest BCUT2D eigenvalue weighted by Gasteiger charge is 2.10. The molecule has 0 saturated heterocycles. The van der Waals surface area contributed by atoms with Gasteiger partial charge in [0.25, 0.3) is 0 Å². The van der Waals surface area contributed by atoms with Crippen LogP contribution in [0.5, 0.6) is 11.6 Å². The number of ether oxygens (including phenoxy) is 1. The lowest BCUT2D eigenvalue weighted by atomic mass is 10.1.